The first-order chi connectivity index (χ1) is 11.0. The summed E-state index contributed by atoms with van der Waals surface area (Å²) in [6.07, 6.45) is 2.24. The van der Waals surface area contributed by atoms with Crippen LogP contribution in [0, 0.1) is 11.2 Å². The van der Waals surface area contributed by atoms with Gasteiger partial charge >= 0.3 is 0 Å². The Hall–Kier alpha value is -1.46. The van der Waals surface area contributed by atoms with E-state index in [0.717, 1.165) is 25.9 Å². The third kappa shape index (κ3) is 4.52. The first-order valence-electron chi connectivity index (χ1n) is 8.21. The number of benzene rings is 1. The summed E-state index contributed by atoms with van der Waals surface area (Å²) in [5.41, 5.74) is 0.0544. The Morgan fingerprint density at radius 3 is 2.61 bits per heavy atom. The average Bonchev–Trinajstić information content (AvgIpc) is 3.03. The van der Waals surface area contributed by atoms with Crippen LogP contribution >= 0.6 is 0 Å². The number of likely N-dealkylation sites (tertiary alicyclic amines) is 1. The molecule has 1 aromatic carbocycles. The second-order valence-corrected chi connectivity index (χ2v) is 6.81. The van der Waals surface area contributed by atoms with Crippen LogP contribution in [0.3, 0.4) is 0 Å². The topological polar surface area (TPSA) is 41.6 Å². The van der Waals surface area contributed by atoms with Gasteiger partial charge in [0.2, 0.25) is 5.91 Å². The predicted molar refractivity (Wildman–Crippen MR) is 88.6 cm³/mol. The molecule has 5 heteroatoms. The summed E-state index contributed by atoms with van der Waals surface area (Å²) >= 11 is 0. The summed E-state index contributed by atoms with van der Waals surface area (Å²) in [5, 5.41) is 2.98. The highest BCUT2D eigenvalue weighted by atomic mass is 19.1. The van der Waals surface area contributed by atoms with Crippen molar-refractivity contribution in [1.82, 2.24) is 10.2 Å². The lowest BCUT2D eigenvalue weighted by molar-refractivity contribution is -0.132. The van der Waals surface area contributed by atoms with Crippen LogP contribution in [0.4, 0.5) is 4.39 Å². The molecule has 1 heterocycles. The van der Waals surface area contributed by atoms with Gasteiger partial charge in [-0.2, -0.15) is 0 Å². The molecule has 1 fully saturated rings. The molecule has 1 saturated heterocycles. The summed E-state index contributed by atoms with van der Waals surface area (Å²) in [6, 6.07) is 6.71. The van der Waals surface area contributed by atoms with E-state index in [1.54, 1.807) is 13.2 Å². The molecule has 1 aliphatic heterocycles. The third-order valence-electron chi connectivity index (χ3n) is 4.42. The molecule has 1 N–H and O–H groups in total. The zero-order chi connectivity index (χ0) is 16.9. The average molecular weight is 322 g/mol. The van der Waals surface area contributed by atoms with Gasteiger partial charge in [-0.3, -0.25) is 9.69 Å². The summed E-state index contributed by atoms with van der Waals surface area (Å²) < 4.78 is 19.3. The smallest absolute Gasteiger partial charge is 0.228 e. The number of ether oxygens (including phenoxy) is 1. The number of hydrogen-bond acceptors (Lipinski definition) is 3. The summed E-state index contributed by atoms with van der Waals surface area (Å²) in [4.78, 5) is 14.6. The molecular weight excluding hydrogens is 295 g/mol. The maximum Gasteiger partial charge on any atom is 0.228 e. The monoisotopic (exact) mass is 322 g/mol. The minimum absolute atomic E-state index is 0.0695. The highest BCUT2D eigenvalue weighted by Gasteiger charge is 2.30. The Morgan fingerprint density at radius 1 is 1.35 bits per heavy atom. The SMILES string of the molecule is COCC(C)(C)C(=O)NC[C@H](c1ccccc1F)N1CCCC1. The van der Waals surface area contributed by atoms with E-state index < -0.39 is 5.41 Å². The molecular formula is C18H27FN2O2. The standard InChI is InChI=1S/C18H27FN2O2/c1-18(2,13-23-3)17(22)20-12-16(21-10-6-7-11-21)14-8-4-5-9-15(14)19/h4-5,8-9,16H,6-7,10-13H2,1-3H3,(H,20,22)/t16-/m1/s1. The van der Waals surface area contributed by atoms with Gasteiger partial charge in [0.25, 0.3) is 0 Å². The van der Waals surface area contributed by atoms with E-state index in [1.807, 2.05) is 26.0 Å². The van der Waals surface area contributed by atoms with Crippen LogP contribution in [-0.4, -0.2) is 44.2 Å². The van der Waals surface area contributed by atoms with Crippen molar-refractivity contribution in [3.8, 4) is 0 Å². The Balaban J connectivity index is 2.10. The summed E-state index contributed by atoms with van der Waals surface area (Å²) in [5.74, 6) is -0.283. The molecule has 2 rings (SSSR count). The van der Waals surface area contributed by atoms with E-state index in [9.17, 15) is 9.18 Å². The number of carbonyl (C=O) groups is 1. The first kappa shape index (κ1) is 17.9. The largest absolute Gasteiger partial charge is 0.384 e. The van der Waals surface area contributed by atoms with Crippen LogP contribution in [0.2, 0.25) is 0 Å². The van der Waals surface area contributed by atoms with Crippen molar-refractivity contribution in [3.63, 3.8) is 0 Å². The second kappa shape index (κ2) is 7.88. The van der Waals surface area contributed by atoms with Crippen molar-refractivity contribution in [1.29, 1.82) is 0 Å². The maximum absolute atomic E-state index is 14.2. The van der Waals surface area contributed by atoms with Crippen molar-refractivity contribution in [2.45, 2.75) is 32.7 Å². The first-order valence-corrected chi connectivity index (χ1v) is 8.21. The van der Waals surface area contributed by atoms with Crippen LogP contribution in [0.25, 0.3) is 0 Å². The number of methoxy groups -OCH3 is 1. The fourth-order valence-electron chi connectivity index (χ4n) is 3.09. The quantitative estimate of drug-likeness (QED) is 0.839. The lowest BCUT2D eigenvalue weighted by Gasteiger charge is -2.30. The Morgan fingerprint density at radius 2 is 2.00 bits per heavy atom. The van der Waals surface area contributed by atoms with Gasteiger partial charge in [0.05, 0.1) is 18.1 Å². The summed E-state index contributed by atoms with van der Waals surface area (Å²) in [7, 11) is 1.58. The lowest BCUT2D eigenvalue weighted by atomic mass is 9.93. The molecule has 0 saturated carbocycles. The minimum Gasteiger partial charge on any atom is -0.384 e. The molecule has 128 valence electrons. The van der Waals surface area contributed by atoms with E-state index in [2.05, 4.69) is 10.2 Å². The fourth-order valence-corrected chi connectivity index (χ4v) is 3.09. The molecule has 0 bridgehead atoms. The number of rotatable bonds is 7. The third-order valence-corrected chi connectivity index (χ3v) is 4.42. The molecule has 0 unspecified atom stereocenters. The highest BCUT2D eigenvalue weighted by molar-refractivity contribution is 5.82. The number of nitrogens with zero attached hydrogens (tertiary/aromatic N) is 1. The van der Waals surface area contributed by atoms with Gasteiger partial charge in [-0.1, -0.05) is 18.2 Å². The molecule has 0 spiro atoms. The molecule has 0 aliphatic carbocycles. The Bertz CT molecular complexity index is 528. The molecule has 1 aromatic rings. The number of carbonyl (C=O) groups excluding carboxylic acids is 1. The van der Waals surface area contributed by atoms with Gasteiger partial charge in [0.15, 0.2) is 0 Å². The number of amides is 1. The summed E-state index contributed by atoms with van der Waals surface area (Å²) in [6.45, 7) is 6.34. The van der Waals surface area contributed by atoms with Gasteiger partial charge in [-0.15, -0.1) is 0 Å². The van der Waals surface area contributed by atoms with E-state index in [1.165, 1.54) is 6.07 Å². The predicted octanol–water partition coefficient (Wildman–Crippen LogP) is 2.75. The van der Waals surface area contributed by atoms with Gasteiger partial charge in [-0.25, -0.2) is 4.39 Å². The fraction of sp³-hybridized carbons (Fsp3) is 0.611. The molecule has 0 radical (unpaired) electrons. The number of nitrogens with one attached hydrogen (secondary N) is 1. The molecule has 1 amide bonds. The maximum atomic E-state index is 14.2. The van der Waals surface area contributed by atoms with Gasteiger partial charge in [0.1, 0.15) is 5.82 Å². The lowest BCUT2D eigenvalue weighted by Crippen LogP contribution is -2.44. The molecule has 1 aliphatic rings. The highest BCUT2D eigenvalue weighted by Crippen LogP contribution is 2.27. The van der Waals surface area contributed by atoms with Crippen molar-refractivity contribution in [2.75, 3.05) is 33.4 Å². The second-order valence-electron chi connectivity index (χ2n) is 6.81. The Labute approximate surface area is 138 Å². The van der Waals surface area contributed by atoms with E-state index >= 15 is 0 Å². The number of hydrogen-bond donors (Lipinski definition) is 1. The number of halogens is 1. The van der Waals surface area contributed by atoms with E-state index in [0.29, 0.717) is 18.7 Å². The van der Waals surface area contributed by atoms with Crippen LogP contribution in [-0.2, 0) is 9.53 Å². The van der Waals surface area contributed by atoms with Crippen molar-refractivity contribution in [3.05, 3.63) is 35.6 Å². The van der Waals surface area contributed by atoms with Crippen LogP contribution < -0.4 is 5.32 Å². The van der Waals surface area contributed by atoms with E-state index in [4.69, 9.17) is 4.74 Å². The van der Waals surface area contributed by atoms with Crippen molar-refractivity contribution >= 4 is 5.91 Å². The molecule has 23 heavy (non-hydrogen) atoms. The molecule has 0 aromatic heterocycles. The van der Waals surface area contributed by atoms with Crippen molar-refractivity contribution in [2.24, 2.45) is 5.41 Å². The van der Waals surface area contributed by atoms with Crippen LogP contribution in [0.15, 0.2) is 24.3 Å². The molecule has 4 nitrogen and oxygen atoms in total. The van der Waals surface area contributed by atoms with Crippen molar-refractivity contribution < 1.29 is 13.9 Å². The zero-order valence-corrected chi connectivity index (χ0v) is 14.3. The zero-order valence-electron chi connectivity index (χ0n) is 14.3. The van der Waals surface area contributed by atoms with Crippen LogP contribution in [0.5, 0.6) is 0 Å². The van der Waals surface area contributed by atoms with E-state index in [-0.39, 0.29) is 17.8 Å². The van der Waals surface area contributed by atoms with Gasteiger partial charge in [0, 0.05) is 19.2 Å². The minimum atomic E-state index is -0.598. The normalized spacial score (nSPS) is 17.2. The Kier molecular flexibility index (Phi) is 6.13. The van der Waals surface area contributed by atoms with Crippen LogP contribution in [0.1, 0.15) is 38.3 Å². The molecule has 1 atom stereocenters. The van der Waals surface area contributed by atoms with Gasteiger partial charge < -0.3 is 10.1 Å². The van der Waals surface area contributed by atoms with Gasteiger partial charge in [-0.05, 0) is 45.8 Å².